The molecule has 4 rings (SSSR count). The Kier molecular flexibility index (Phi) is 7.12. The van der Waals surface area contributed by atoms with Crippen molar-refractivity contribution in [2.24, 2.45) is 0 Å². The highest BCUT2D eigenvalue weighted by molar-refractivity contribution is 7.15. The summed E-state index contributed by atoms with van der Waals surface area (Å²) in [4.78, 5) is 18.8. The second kappa shape index (κ2) is 10.2. The summed E-state index contributed by atoms with van der Waals surface area (Å²) in [5, 5.41) is 12.1. The quantitative estimate of drug-likeness (QED) is 0.541. The number of aryl methyl sites for hydroxylation is 2. The lowest BCUT2D eigenvalue weighted by Crippen LogP contribution is -2.27. The molecule has 2 atom stereocenters. The minimum Gasteiger partial charge on any atom is -0.491 e. The normalized spacial score (nSPS) is 16.7. The number of carbonyl (C=O) groups excluding carboxylic acids is 1. The van der Waals surface area contributed by atoms with Crippen molar-refractivity contribution in [2.45, 2.75) is 52.2 Å². The van der Waals surface area contributed by atoms with Crippen molar-refractivity contribution in [3.8, 4) is 16.3 Å². The number of thiazole rings is 1. The van der Waals surface area contributed by atoms with Crippen LogP contribution in [0.1, 0.15) is 59.4 Å². The molecule has 1 aliphatic heterocycles. The first kappa shape index (κ1) is 22.4. The summed E-state index contributed by atoms with van der Waals surface area (Å²) >= 11 is 1.63. The average molecular weight is 453 g/mol. The third-order valence-electron chi connectivity index (χ3n) is 5.39. The Morgan fingerprint density at radius 3 is 2.88 bits per heavy atom. The van der Waals surface area contributed by atoms with Gasteiger partial charge in [-0.25, -0.2) is 4.98 Å². The van der Waals surface area contributed by atoms with E-state index in [0.29, 0.717) is 23.6 Å². The van der Waals surface area contributed by atoms with Crippen molar-refractivity contribution in [1.82, 2.24) is 20.5 Å². The minimum absolute atomic E-state index is 0.0997. The Balaban J connectivity index is 1.56. The van der Waals surface area contributed by atoms with Crippen molar-refractivity contribution < 1.29 is 14.3 Å². The lowest BCUT2D eigenvalue weighted by atomic mass is 10.1. The highest BCUT2D eigenvalue weighted by Gasteiger charge is 2.19. The molecule has 8 heteroatoms. The topological polar surface area (TPSA) is 86.2 Å². The fourth-order valence-electron chi connectivity index (χ4n) is 3.50. The molecule has 0 unspecified atom stereocenters. The molecule has 3 aromatic rings. The van der Waals surface area contributed by atoms with Crippen LogP contribution >= 0.6 is 11.3 Å². The van der Waals surface area contributed by atoms with Gasteiger partial charge in [0.25, 0.3) is 5.91 Å². The first-order valence-corrected chi connectivity index (χ1v) is 11.8. The Bertz CT molecular complexity index is 1060. The number of nitrogens with one attached hydrogen (secondary N) is 1. The molecule has 1 aromatic carbocycles. The van der Waals surface area contributed by atoms with Crippen molar-refractivity contribution in [2.75, 3.05) is 13.2 Å². The number of rotatable bonds is 8. The Hall–Kier alpha value is -2.84. The van der Waals surface area contributed by atoms with Gasteiger partial charge in [0.1, 0.15) is 17.4 Å². The molecule has 1 N–H and O–H groups in total. The van der Waals surface area contributed by atoms with Crippen LogP contribution in [0.2, 0.25) is 0 Å². The predicted molar refractivity (Wildman–Crippen MR) is 124 cm³/mol. The number of ether oxygens (including phenoxy) is 2. The lowest BCUT2D eigenvalue weighted by Gasteiger charge is -2.16. The fraction of sp³-hybridized carbons (Fsp3) is 0.417. The van der Waals surface area contributed by atoms with Gasteiger partial charge in [-0.1, -0.05) is 6.92 Å². The van der Waals surface area contributed by atoms with Gasteiger partial charge in [0.05, 0.1) is 23.5 Å². The number of nitrogens with zero attached hydrogens (tertiary/aromatic N) is 3. The molecule has 2 aromatic heterocycles. The summed E-state index contributed by atoms with van der Waals surface area (Å²) in [7, 11) is 0. The Morgan fingerprint density at radius 2 is 2.19 bits per heavy atom. The van der Waals surface area contributed by atoms with Crippen LogP contribution < -0.4 is 10.1 Å². The fourth-order valence-corrected chi connectivity index (χ4v) is 4.34. The molecule has 0 aliphatic carbocycles. The largest absolute Gasteiger partial charge is 0.491 e. The number of hydrogen-bond acceptors (Lipinski definition) is 7. The molecular weight excluding hydrogens is 424 g/mol. The van der Waals surface area contributed by atoms with Crippen LogP contribution in [0, 0.1) is 6.92 Å². The summed E-state index contributed by atoms with van der Waals surface area (Å²) in [6, 6.07) is 9.06. The zero-order chi connectivity index (χ0) is 22.5. The third kappa shape index (κ3) is 5.49. The molecule has 1 saturated heterocycles. The molecule has 1 amide bonds. The predicted octanol–water partition coefficient (Wildman–Crippen LogP) is 4.52. The van der Waals surface area contributed by atoms with Crippen LogP contribution in [0.15, 0.2) is 36.5 Å². The maximum Gasteiger partial charge on any atom is 0.251 e. The molecule has 168 valence electrons. The monoisotopic (exact) mass is 452 g/mol. The SMILES string of the molecule is CCc1cnc(-c2cc(OC[C@@H]3CCCO3)cc(C(=O)N[C@H](C)c3ccc(C)nn3)c2)s1. The van der Waals surface area contributed by atoms with Crippen molar-refractivity contribution in [3.63, 3.8) is 0 Å². The van der Waals surface area contributed by atoms with Gasteiger partial charge in [0.2, 0.25) is 0 Å². The zero-order valence-corrected chi connectivity index (χ0v) is 19.4. The third-order valence-corrected chi connectivity index (χ3v) is 6.58. The highest BCUT2D eigenvalue weighted by atomic mass is 32.1. The summed E-state index contributed by atoms with van der Waals surface area (Å²) in [5.74, 6) is 0.440. The van der Waals surface area contributed by atoms with E-state index < -0.39 is 0 Å². The van der Waals surface area contributed by atoms with Gasteiger partial charge < -0.3 is 14.8 Å². The Morgan fingerprint density at radius 1 is 1.31 bits per heavy atom. The van der Waals surface area contributed by atoms with Crippen molar-refractivity contribution in [1.29, 1.82) is 0 Å². The van der Waals surface area contributed by atoms with Gasteiger partial charge in [0, 0.05) is 28.8 Å². The van der Waals surface area contributed by atoms with E-state index in [2.05, 4.69) is 27.4 Å². The highest BCUT2D eigenvalue weighted by Crippen LogP contribution is 2.30. The van der Waals surface area contributed by atoms with E-state index in [1.807, 2.05) is 44.3 Å². The van der Waals surface area contributed by atoms with Crippen molar-refractivity contribution >= 4 is 17.2 Å². The number of benzene rings is 1. The molecule has 0 spiro atoms. The molecule has 0 bridgehead atoms. The summed E-state index contributed by atoms with van der Waals surface area (Å²) in [5.41, 5.74) is 2.93. The van der Waals surface area contributed by atoms with Crippen LogP contribution in [0.5, 0.6) is 5.75 Å². The molecular formula is C24H28N4O3S. The first-order valence-electron chi connectivity index (χ1n) is 11.0. The van der Waals surface area contributed by atoms with E-state index in [4.69, 9.17) is 9.47 Å². The van der Waals surface area contributed by atoms with Gasteiger partial charge in [-0.05, 0) is 63.4 Å². The molecule has 1 fully saturated rings. The summed E-state index contributed by atoms with van der Waals surface area (Å²) in [6.45, 7) is 7.13. The minimum atomic E-state index is -0.276. The number of carbonyl (C=O) groups is 1. The van der Waals surface area contributed by atoms with E-state index in [1.54, 1.807) is 17.4 Å². The molecule has 32 heavy (non-hydrogen) atoms. The zero-order valence-electron chi connectivity index (χ0n) is 18.6. The second-order valence-electron chi connectivity index (χ2n) is 7.97. The van der Waals surface area contributed by atoms with Crippen LogP contribution in [0.4, 0.5) is 0 Å². The standard InChI is InChI=1S/C24H28N4O3S/c1-4-21-13-25-24(32-21)18-10-17(11-20(12-18)31-14-19-6-5-9-30-19)23(29)26-16(3)22-8-7-15(2)27-28-22/h7-8,10-13,16,19H,4-6,9,14H2,1-3H3,(H,26,29)/t16-,19+/m1/s1. The van der Waals surface area contributed by atoms with E-state index in [0.717, 1.165) is 42.1 Å². The van der Waals surface area contributed by atoms with Gasteiger partial charge in [-0.3, -0.25) is 4.79 Å². The van der Waals surface area contributed by atoms with Gasteiger partial charge in [0.15, 0.2) is 0 Å². The van der Waals surface area contributed by atoms with Gasteiger partial charge in [-0.2, -0.15) is 10.2 Å². The van der Waals surface area contributed by atoms with Gasteiger partial charge in [-0.15, -0.1) is 11.3 Å². The first-order chi connectivity index (χ1) is 15.5. The molecule has 0 saturated carbocycles. The van der Waals surface area contributed by atoms with Crippen molar-refractivity contribution in [3.05, 3.63) is 58.4 Å². The number of amides is 1. The molecule has 1 aliphatic rings. The number of aromatic nitrogens is 3. The van der Waals surface area contributed by atoms with Crippen LogP contribution in [-0.2, 0) is 11.2 Å². The van der Waals surface area contributed by atoms with Crippen LogP contribution in [0.3, 0.4) is 0 Å². The van der Waals surface area contributed by atoms with E-state index in [1.165, 1.54) is 4.88 Å². The molecule has 0 radical (unpaired) electrons. The maximum atomic E-state index is 13.1. The van der Waals surface area contributed by atoms with Gasteiger partial charge >= 0.3 is 0 Å². The molecule has 3 heterocycles. The second-order valence-corrected chi connectivity index (χ2v) is 9.09. The lowest BCUT2D eigenvalue weighted by molar-refractivity contribution is 0.0679. The van der Waals surface area contributed by atoms with Crippen LogP contribution in [0.25, 0.3) is 10.6 Å². The summed E-state index contributed by atoms with van der Waals surface area (Å²) < 4.78 is 11.7. The van der Waals surface area contributed by atoms with E-state index in [-0.39, 0.29) is 18.1 Å². The smallest absolute Gasteiger partial charge is 0.251 e. The average Bonchev–Trinajstić information content (AvgIpc) is 3.50. The van der Waals surface area contributed by atoms with Crippen LogP contribution in [-0.4, -0.2) is 40.4 Å². The van der Waals surface area contributed by atoms with E-state index >= 15 is 0 Å². The summed E-state index contributed by atoms with van der Waals surface area (Å²) in [6.07, 6.45) is 4.96. The molecule has 7 nitrogen and oxygen atoms in total. The van der Waals surface area contributed by atoms with E-state index in [9.17, 15) is 4.79 Å². The Labute approximate surface area is 192 Å². The maximum absolute atomic E-state index is 13.1. The number of hydrogen-bond donors (Lipinski definition) is 1.